The third kappa shape index (κ3) is 8.08. The second-order valence-electron chi connectivity index (χ2n) is 10.4. The molecule has 43 heavy (non-hydrogen) atoms. The van der Waals surface area contributed by atoms with Gasteiger partial charge in [-0.3, -0.25) is 14.3 Å². The van der Waals surface area contributed by atoms with Gasteiger partial charge < -0.3 is 24.3 Å². The summed E-state index contributed by atoms with van der Waals surface area (Å²) in [7, 11) is -4.03. The van der Waals surface area contributed by atoms with E-state index in [-0.39, 0.29) is 24.5 Å². The molecule has 0 aliphatic carbocycles. The van der Waals surface area contributed by atoms with Crippen molar-refractivity contribution in [2.75, 3.05) is 18.9 Å². The van der Waals surface area contributed by atoms with Gasteiger partial charge >= 0.3 is 13.7 Å². The maximum absolute atomic E-state index is 14.0. The summed E-state index contributed by atoms with van der Waals surface area (Å²) in [5.74, 6) is 0.789. The number of rotatable bonds is 16. The Balaban J connectivity index is 1.65. The molecule has 4 aromatic rings. The smallest absolute Gasteiger partial charge is 0.459 e. The van der Waals surface area contributed by atoms with Crippen LogP contribution in [0.3, 0.4) is 0 Å². The molecule has 1 unspecified atom stereocenters. The first kappa shape index (κ1) is 32.3. The van der Waals surface area contributed by atoms with Crippen molar-refractivity contribution in [2.45, 2.75) is 78.7 Å². The second-order valence-corrected chi connectivity index (χ2v) is 12.1. The van der Waals surface area contributed by atoms with Crippen LogP contribution in [-0.4, -0.2) is 50.8 Å². The molecule has 1 aromatic carbocycles. The molecule has 0 fully saturated rings. The van der Waals surface area contributed by atoms with Gasteiger partial charge in [0.05, 0.1) is 23.7 Å². The fraction of sp³-hybridized carbons (Fsp3) is 0.467. The van der Waals surface area contributed by atoms with Crippen LogP contribution in [0.2, 0.25) is 0 Å². The molecule has 12 nitrogen and oxygen atoms in total. The Hall–Kier alpha value is -3.57. The van der Waals surface area contributed by atoms with E-state index in [0.717, 1.165) is 35.1 Å². The van der Waals surface area contributed by atoms with Gasteiger partial charge in [0.1, 0.15) is 29.7 Å². The summed E-state index contributed by atoms with van der Waals surface area (Å²) in [5, 5.41) is 3.67. The molecule has 232 valence electrons. The van der Waals surface area contributed by atoms with Gasteiger partial charge in [-0.2, -0.15) is 5.09 Å². The lowest BCUT2D eigenvalue weighted by Gasteiger charge is -2.25. The van der Waals surface area contributed by atoms with E-state index in [2.05, 4.69) is 26.5 Å². The number of benzene rings is 1. The van der Waals surface area contributed by atoms with E-state index in [1.54, 1.807) is 32.9 Å². The first-order valence-electron chi connectivity index (χ1n) is 14.6. The summed E-state index contributed by atoms with van der Waals surface area (Å²) >= 11 is 0. The van der Waals surface area contributed by atoms with Gasteiger partial charge in [-0.25, -0.2) is 14.5 Å². The fourth-order valence-corrected chi connectivity index (χ4v) is 6.36. The van der Waals surface area contributed by atoms with Crippen molar-refractivity contribution >= 4 is 41.5 Å². The van der Waals surface area contributed by atoms with Gasteiger partial charge in [0, 0.05) is 30.4 Å². The Kier molecular flexibility index (Phi) is 11.1. The predicted octanol–water partition coefficient (Wildman–Crippen LogP) is 5.96. The van der Waals surface area contributed by atoms with Crippen LogP contribution in [0.1, 0.15) is 65.7 Å². The van der Waals surface area contributed by atoms with Crippen LogP contribution in [0, 0.1) is 0 Å². The van der Waals surface area contributed by atoms with E-state index < -0.39 is 19.8 Å². The molecule has 0 aliphatic heterocycles. The molecule has 3 heterocycles. The Bertz CT molecular complexity index is 1560. The number of nitrogens with zero attached hydrogens (tertiary/aromatic N) is 4. The number of aromatic nitrogens is 4. The zero-order valence-corrected chi connectivity index (χ0v) is 26.3. The van der Waals surface area contributed by atoms with Crippen LogP contribution in [0.25, 0.3) is 21.9 Å². The summed E-state index contributed by atoms with van der Waals surface area (Å²) in [6.07, 6.45) is 4.82. The van der Waals surface area contributed by atoms with Crippen molar-refractivity contribution in [3.05, 3.63) is 54.6 Å². The number of ether oxygens (including phenoxy) is 2. The lowest BCUT2D eigenvalue weighted by molar-refractivity contribution is -0.149. The van der Waals surface area contributed by atoms with Crippen molar-refractivity contribution in [3.8, 4) is 5.75 Å². The first-order valence-corrected chi connectivity index (χ1v) is 16.1. The molecular weight excluding hydrogens is 571 g/mol. The normalized spacial score (nSPS) is 14.6. The Morgan fingerprint density at radius 2 is 1.81 bits per heavy atom. The third-order valence-electron chi connectivity index (χ3n) is 6.69. The fourth-order valence-electron chi connectivity index (χ4n) is 4.85. The highest BCUT2D eigenvalue weighted by Gasteiger charge is 2.33. The van der Waals surface area contributed by atoms with Gasteiger partial charge in [-0.15, -0.1) is 0 Å². The minimum absolute atomic E-state index is 0.0538. The predicted molar refractivity (Wildman–Crippen MR) is 166 cm³/mol. The molecule has 13 heteroatoms. The van der Waals surface area contributed by atoms with E-state index in [9.17, 15) is 9.36 Å². The monoisotopic (exact) mass is 612 g/mol. The highest BCUT2D eigenvalue weighted by molar-refractivity contribution is 7.52. The quantitative estimate of drug-likeness (QED) is 0.114. The Labute approximate surface area is 251 Å². The van der Waals surface area contributed by atoms with E-state index in [1.807, 2.05) is 31.2 Å². The molecular formula is C30H41N6O6P. The number of pyridine rings is 2. The standard InChI is InChI=1S/C30H41N6O6P/c1-6-10-22(36-26(19-39-7-2)34-27-28(36)24-11-8-9-12-25(24)33-29(27)31)15-18-40-43(38,42-23-13-16-32-17-14-23)35-21(5)30(37)41-20(3)4/h8-9,11-14,16-17,20-22H,6-7,10,15,18-19H2,1-5H3,(H2,31,33)(H,35,38)/t21-,22-,43?/m0/s1. The van der Waals surface area contributed by atoms with Crippen LogP contribution in [0.4, 0.5) is 5.82 Å². The molecule has 0 saturated heterocycles. The van der Waals surface area contributed by atoms with Crippen molar-refractivity contribution in [1.82, 2.24) is 24.6 Å². The van der Waals surface area contributed by atoms with E-state index in [4.69, 9.17) is 29.2 Å². The van der Waals surface area contributed by atoms with E-state index in [1.165, 1.54) is 12.4 Å². The summed E-state index contributed by atoms with van der Waals surface area (Å²) in [4.78, 5) is 25.9. The average molecular weight is 613 g/mol. The van der Waals surface area contributed by atoms with Crippen LogP contribution < -0.4 is 15.3 Å². The second kappa shape index (κ2) is 14.7. The molecule has 0 radical (unpaired) electrons. The number of carbonyl (C=O) groups is 1. The number of hydrogen-bond acceptors (Lipinski definition) is 10. The minimum atomic E-state index is -4.03. The van der Waals surface area contributed by atoms with Crippen LogP contribution in [-0.2, 0) is 30.0 Å². The topological polar surface area (TPSA) is 153 Å². The third-order valence-corrected chi connectivity index (χ3v) is 8.37. The number of imidazole rings is 1. The zero-order chi connectivity index (χ0) is 31.0. The average Bonchev–Trinajstić information content (AvgIpc) is 3.36. The Morgan fingerprint density at radius 1 is 1.07 bits per heavy atom. The number of nitrogens with one attached hydrogen (secondary N) is 1. The largest absolute Gasteiger partial charge is 0.462 e. The number of hydrogen-bond donors (Lipinski definition) is 2. The van der Waals surface area contributed by atoms with Gasteiger partial charge in [-0.05, 0) is 58.7 Å². The maximum Gasteiger partial charge on any atom is 0.459 e. The number of anilines is 1. The number of nitrogens with two attached hydrogens (primary N) is 1. The van der Waals surface area contributed by atoms with E-state index in [0.29, 0.717) is 31.0 Å². The lowest BCUT2D eigenvalue weighted by Crippen LogP contribution is -2.36. The van der Waals surface area contributed by atoms with Gasteiger partial charge in [0.25, 0.3) is 0 Å². The summed E-state index contributed by atoms with van der Waals surface area (Å²) < 4.78 is 39.0. The number of para-hydroxylation sites is 1. The summed E-state index contributed by atoms with van der Waals surface area (Å²) in [5.41, 5.74) is 8.63. The molecule has 0 aliphatic rings. The maximum atomic E-state index is 14.0. The molecule has 0 saturated carbocycles. The SMILES string of the molecule is CCC[C@@H](CCOP(=O)(N[C@@H](C)C(=O)OC(C)C)Oc1ccncc1)n1c(COCC)nc2c(N)nc3ccccc3c21. The first-order chi connectivity index (χ1) is 20.7. The van der Waals surface area contributed by atoms with E-state index >= 15 is 0 Å². The molecule has 0 bridgehead atoms. The number of carbonyl (C=O) groups excluding carboxylic acids is 1. The number of esters is 1. The van der Waals surface area contributed by atoms with Crippen molar-refractivity contribution in [2.24, 2.45) is 0 Å². The number of fused-ring (bicyclic) bond motifs is 3. The summed E-state index contributed by atoms with van der Waals surface area (Å²) in [6.45, 7) is 9.95. The lowest BCUT2D eigenvalue weighted by atomic mass is 10.1. The Morgan fingerprint density at radius 3 is 2.51 bits per heavy atom. The van der Waals surface area contributed by atoms with Crippen molar-refractivity contribution in [1.29, 1.82) is 0 Å². The minimum Gasteiger partial charge on any atom is -0.462 e. The molecule has 3 N–H and O–H groups in total. The van der Waals surface area contributed by atoms with Gasteiger partial charge in [0.2, 0.25) is 0 Å². The highest BCUT2D eigenvalue weighted by atomic mass is 31.2. The van der Waals surface area contributed by atoms with Gasteiger partial charge in [0.15, 0.2) is 5.82 Å². The van der Waals surface area contributed by atoms with Crippen LogP contribution >= 0.6 is 7.75 Å². The van der Waals surface area contributed by atoms with Crippen LogP contribution in [0.5, 0.6) is 5.75 Å². The number of nitrogen functional groups attached to an aromatic ring is 1. The molecule has 3 atom stereocenters. The van der Waals surface area contributed by atoms with Crippen molar-refractivity contribution < 1.29 is 27.9 Å². The molecule has 3 aromatic heterocycles. The molecule has 4 rings (SSSR count). The highest BCUT2D eigenvalue weighted by Crippen LogP contribution is 2.45. The van der Waals surface area contributed by atoms with Crippen LogP contribution in [0.15, 0.2) is 48.8 Å². The zero-order valence-electron chi connectivity index (χ0n) is 25.4. The molecule has 0 amide bonds. The van der Waals surface area contributed by atoms with Crippen molar-refractivity contribution in [3.63, 3.8) is 0 Å². The summed E-state index contributed by atoms with van der Waals surface area (Å²) in [6, 6.07) is 9.89. The van der Waals surface area contributed by atoms with Gasteiger partial charge in [-0.1, -0.05) is 31.5 Å². The molecule has 0 spiro atoms.